The molecule has 116 valence electrons. The van der Waals surface area contributed by atoms with E-state index >= 15 is 0 Å². The van der Waals surface area contributed by atoms with Crippen LogP contribution >= 0.6 is 0 Å². The topological polar surface area (TPSA) is 81.5 Å². The number of nitrogens with one attached hydrogen (secondary N) is 1. The molecule has 0 bridgehead atoms. The number of aryl methyl sites for hydroxylation is 1. The number of carbonyl (C=O) groups is 1. The standard InChI is InChI=1S/C15H22N2O4/c1-10-8-6-7-9-12(10)13(11(2)17(19)20)16-14(18)21-15(3,4)5/h6-9,11,13H,1-5H3,(H,16,18)/t11-,13-/m0/s1. The van der Waals surface area contributed by atoms with Crippen molar-refractivity contribution < 1.29 is 14.5 Å². The molecule has 1 aromatic rings. The van der Waals surface area contributed by atoms with Crippen molar-refractivity contribution in [1.82, 2.24) is 5.32 Å². The van der Waals surface area contributed by atoms with Gasteiger partial charge in [-0.2, -0.15) is 0 Å². The van der Waals surface area contributed by atoms with Crippen LogP contribution in [0.5, 0.6) is 0 Å². The van der Waals surface area contributed by atoms with E-state index in [0.29, 0.717) is 5.56 Å². The lowest BCUT2D eigenvalue weighted by molar-refractivity contribution is -0.523. The van der Waals surface area contributed by atoms with E-state index in [2.05, 4.69) is 5.32 Å². The maximum Gasteiger partial charge on any atom is 0.408 e. The summed E-state index contributed by atoms with van der Waals surface area (Å²) >= 11 is 0. The van der Waals surface area contributed by atoms with E-state index in [1.807, 2.05) is 19.1 Å². The highest BCUT2D eigenvalue weighted by molar-refractivity contribution is 5.68. The summed E-state index contributed by atoms with van der Waals surface area (Å²) in [6, 6.07) is 5.57. The third-order valence-electron chi connectivity index (χ3n) is 3.01. The number of hydrogen-bond acceptors (Lipinski definition) is 4. The van der Waals surface area contributed by atoms with Gasteiger partial charge in [-0.1, -0.05) is 24.3 Å². The number of ether oxygens (including phenoxy) is 1. The molecular weight excluding hydrogens is 272 g/mol. The van der Waals surface area contributed by atoms with Gasteiger partial charge in [0.15, 0.2) is 0 Å². The van der Waals surface area contributed by atoms with Crippen LogP contribution in [0.4, 0.5) is 4.79 Å². The fourth-order valence-corrected chi connectivity index (χ4v) is 1.95. The smallest absolute Gasteiger partial charge is 0.408 e. The first kappa shape index (κ1) is 16.9. The van der Waals surface area contributed by atoms with Crippen molar-refractivity contribution in [1.29, 1.82) is 0 Å². The Hall–Kier alpha value is -2.11. The number of nitrogens with zero attached hydrogens (tertiary/aromatic N) is 1. The van der Waals surface area contributed by atoms with Crippen LogP contribution in [0.25, 0.3) is 0 Å². The van der Waals surface area contributed by atoms with Crippen LogP contribution in [0.2, 0.25) is 0 Å². The average Bonchev–Trinajstić information content (AvgIpc) is 2.34. The van der Waals surface area contributed by atoms with E-state index in [4.69, 9.17) is 4.74 Å². The van der Waals surface area contributed by atoms with Gasteiger partial charge in [0, 0.05) is 11.8 Å². The Morgan fingerprint density at radius 2 is 1.90 bits per heavy atom. The number of hydrogen-bond donors (Lipinski definition) is 1. The van der Waals surface area contributed by atoms with Gasteiger partial charge in [0.1, 0.15) is 11.6 Å². The summed E-state index contributed by atoms with van der Waals surface area (Å²) in [6.45, 7) is 8.55. The highest BCUT2D eigenvalue weighted by Crippen LogP contribution is 2.23. The van der Waals surface area contributed by atoms with Crippen LogP contribution in [-0.4, -0.2) is 22.7 Å². The van der Waals surface area contributed by atoms with Crippen molar-refractivity contribution >= 4 is 6.09 Å². The molecule has 0 aliphatic heterocycles. The molecule has 2 atom stereocenters. The molecule has 0 saturated carbocycles. The van der Waals surface area contributed by atoms with Crippen LogP contribution in [0.3, 0.4) is 0 Å². The Balaban J connectivity index is 3.02. The normalized spacial score (nSPS) is 14.1. The van der Waals surface area contributed by atoms with Crippen molar-refractivity contribution in [3.05, 3.63) is 45.5 Å². The maximum atomic E-state index is 11.9. The second kappa shape index (κ2) is 6.56. The predicted molar refractivity (Wildman–Crippen MR) is 79.7 cm³/mol. The first-order valence-corrected chi connectivity index (χ1v) is 6.80. The van der Waals surface area contributed by atoms with Gasteiger partial charge in [0.05, 0.1) is 0 Å². The molecule has 0 heterocycles. The van der Waals surface area contributed by atoms with E-state index < -0.39 is 28.7 Å². The molecule has 1 N–H and O–H groups in total. The second-order valence-electron chi connectivity index (χ2n) is 6.01. The first-order valence-electron chi connectivity index (χ1n) is 6.80. The second-order valence-corrected chi connectivity index (χ2v) is 6.01. The molecule has 0 saturated heterocycles. The largest absolute Gasteiger partial charge is 0.444 e. The fourth-order valence-electron chi connectivity index (χ4n) is 1.95. The van der Waals surface area contributed by atoms with Crippen LogP contribution in [0.1, 0.15) is 44.9 Å². The SMILES string of the molecule is Cc1ccccc1[C@@H](NC(=O)OC(C)(C)C)[C@H](C)[N+](=O)[O-]. The van der Waals surface area contributed by atoms with E-state index in [-0.39, 0.29) is 0 Å². The third kappa shape index (κ3) is 5.06. The molecule has 1 aromatic carbocycles. The lowest BCUT2D eigenvalue weighted by Crippen LogP contribution is -2.41. The van der Waals surface area contributed by atoms with Gasteiger partial charge in [-0.3, -0.25) is 10.1 Å². The Kier molecular flexibility index (Phi) is 5.29. The minimum atomic E-state index is -0.960. The Bertz CT molecular complexity index is 523. The predicted octanol–water partition coefficient (Wildman–Crippen LogP) is 3.23. The summed E-state index contributed by atoms with van der Waals surface area (Å²) in [5, 5.41) is 13.7. The van der Waals surface area contributed by atoms with Gasteiger partial charge in [-0.15, -0.1) is 0 Å². The number of carbonyl (C=O) groups excluding carboxylic acids is 1. The van der Waals surface area contributed by atoms with Crippen LogP contribution in [0, 0.1) is 17.0 Å². The van der Waals surface area contributed by atoms with E-state index in [9.17, 15) is 14.9 Å². The lowest BCUT2D eigenvalue weighted by Gasteiger charge is -2.25. The number of nitro groups is 1. The van der Waals surface area contributed by atoms with Crippen molar-refractivity contribution in [3.63, 3.8) is 0 Å². The van der Waals surface area contributed by atoms with Crippen molar-refractivity contribution in [2.24, 2.45) is 0 Å². The summed E-state index contributed by atoms with van der Waals surface area (Å²) in [5.74, 6) is 0. The van der Waals surface area contributed by atoms with Crippen LogP contribution in [0.15, 0.2) is 24.3 Å². The third-order valence-corrected chi connectivity index (χ3v) is 3.01. The van der Waals surface area contributed by atoms with Gasteiger partial charge in [-0.25, -0.2) is 4.79 Å². The highest BCUT2D eigenvalue weighted by Gasteiger charge is 2.32. The van der Waals surface area contributed by atoms with Gasteiger partial charge in [0.25, 0.3) is 0 Å². The monoisotopic (exact) mass is 294 g/mol. The molecule has 1 rings (SSSR count). The molecule has 6 heteroatoms. The number of amides is 1. The lowest BCUT2D eigenvalue weighted by atomic mass is 9.96. The Morgan fingerprint density at radius 3 is 2.38 bits per heavy atom. The zero-order chi connectivity index (χ0) is 16.2. The molecule has 1 amide bonds. The molecule has 0 radical (unpaired) electrons. The summed E-state index contributed by atoms with van der Waals surface area (Å²) in [5.41, 5.74) is 0.943. The molecule has 0 aromatic heterocycles. The minimum Gasteiger partial charge on any atom is -0.444 e. The Labute approximate surface area is 124 Å². The number of alkyl carbamates (subject to hydrolysis) is 1. The molecule has 21 heavy (non-hydrogen) atoms. The van der Waals surface area contributed by atoms with E-state index in [1.165, 1.54) is 6.92 Å². The van der Waals surface area contributed by atoms with E-state index in [0.717, 1.165) is 5.56 Å². The van der Waals surface area contributed by atoms with E-state index in [1.54, 1.807) is 32.9 Å². The fraction of sp³-hybridized carbons (Fsp3) is 0.533. The average molecular weight is 294 g/mol. The minimum absolute atomic E-state index is 0.408. The summed E-state index contributed by atoms with van der Waals surface area (Å²) < 4.78 is 5.19. The molecular formula is C15H22N2O4. The van der Waals surface area contributed by atoms with Gasteiger partial charge in [0.2, 0.25) is 6.04 Å². The molecule has 0 spiro atoms. The summed E-state index contributed by atoms with van der Waals surface area (Å²) in [6.07, 6.45) is -0.663. The van der Waals surface area contributed by atoms with Crippen LogP contribution < -0.4 is 5.32 Å². The molecule has 0 aliphatic rings. The zero-order valence-corrected chi connectivity index (χ0v) is 13.0. The Morgan fingerprint density at radius 1 is 1.33 bits per heavy atom. The molecule has 0 aliphatic carbocycles. The van der Waals surface area contributed by atoms with Gasteiger partial charge < -0.3 is 10.1 Å². The maximum absolute atomic E-state index is 11.9. The van der Waals surface area contributed by atoms with Gasteiger partial charge in [-0.05, 0) is 38.8 Å². The summed E-state index contributed by atoms with van der Waals surface area (Å²) in [4.78, 5) is 22.6. The van der Waals surface area contributed by atoms with Crippen LogP contribution in [-0.2, 0) is 4.74 Å². The quantitative estimate of drug-likeness (QED) is 0.682. The van der Waals surface area contributed by atoms with Crippen molar-refractivity contribution in [2.45, 2.75) is 52.3 Å². The molecule has 0 unspecified atom stereocenters. The van der Waals surface area contributed by atoms with Crippen molar-refractivity contribution in [3.8, 4) is 0 Å². The van der Waals surface area contributed by atoms with Crippen molar-refractivity contribution in [2.75, 3.05) is 0 Å². The molecule has 6 nitrogen and oxygen atoms in total. The first-order chi connectivity index (χ1) is 9.61. The zero-order valence-electron chi connectivity index (χ0n) is 13.0. The number of benzene rings is 1. The number of rotatable bonds is 4. The van der Waals surface area contributed by atoms with Gasteiger partial charge >= 0.3 is 6.09 Å². The highest BCUT2D eigenvalue weighted by atomic mass is 16.6. The molecule has 0 fully saturated rings. The summed E-state index contributed by atoms with van der Waals surface area (Å²) in [7, 11) is 0.